The van der Waals surface area contributed by atoms with E-state index in [1.54, 1.807) is 0 Å². The van der Waals surface area contributed by atoms with Crippen LogP contribution in [0.25, 0.3) is 0 Å². The highest BCUT2D eigenvalue weighted by Crippen LogP contribution is 2.60. The van der Waals surface area contributed by atoms with Crippen LogP contribution >= 0.6 is 0 Å². The van der Waals surface area contributed by atoms with Crippen molar-refractivity contribution >= 4 is 23.2 Å². The molecule has 2 amide bonds. The van der Waals surface area contributed by atoms with Crippen molar-refractivity contribution in [2.45, 2.75) is 38.5 Å². The van der Waals surface area contributed by atoms with Gasteiger partial charge in [-0.2, -0.15) is 0 Å². The lowest BCUT2D eigenvalue weighted by atomic mass is 9.49. The molecule has 162 valence electrons. The molecule has 0 spiro atoms. The number of carbonyl (C=O) groups excluding carboxylic acids is 2. The zero-order valence-corrected chi connectivity index (χ0v) is 18.0. The van der Waals surface area contributed by atoms with E-state index in [1.807, 2.05) is 18.2 Å². The molecular weight excluding hydrogens is 376 g/mol. The van der Waals surface area contributed by atoms with Crippen molar-refractivity contribution in [2.75, 3.05) is 50.0 Å². The minimum absolute atomic E-state index is 0.0532. The van der Waals surface area contributed by atoms with Crippen molar-refractivity contribution in [2.24, 2.45) is 23.2 Å². The van der Waals surface area contributed by atoms with Crippen molar-refractivity contribution in [3.05, 3.63) is 24.3 Å². The summed E-state index contributed by atoms with van der Waals surface area (Å²) < 4.78 is 0. The molecule has 6 rings (SSSR count). The first-order valence-corrected chi connectivity index (χ1v) is 11.6. The number of piperazine rings is 1. The number of anilines is 2. The molecule has 2 N–H and O–H groups in total. The van der Waals surface area contributed by atoms with Crippen LogP contribution in [0.1, 0.15) is 38.5 Å². The second-order valence-electron chi connectivity index (χ2n) is 10.2. The number of amides is 2. The molecular formula is C24H34N4O2. The van der Waals surface area contributed by atoms with E-state index in [0.29, 0.717) is 0 Å². The van der Waals surface area contributed by atoms with Crippen molar-refractivity contribution in [1.29, 1.82) is 0 Å². The van der Waals surface area contributed by atoms with Crippen LogP contribution in [-0.4, -0.2) is 56.5 Å². The van der Waals surface area contributed by atoms with E-state index in [0.717, 1.165) is 74.6 Å². The third-order valence-corrected chi connectivity index (χ3v) is 7.95. The Balaban J connectivity index is 1.19. The first-order chi connectivity index (χ1) is 14.5. The number of hydrogen-bond donors (Lipinski definition) is 2. The Kier molecular flexibility index (Phi) is 5.21. The molecule has 1 aromatic carbocycles. The second kappa shape index (κ2) is 7.88. The Bertz CT molecular complexity index is 780. The molecule has 0 aromatic heterocycles. The number of hydrogen-bond acceptors (Lipinski definition) is 4. The smallest absolute Gasteiger partial charge is 0.243 e. The minimum atomic E-state index is -0.202. The van der Waals surface area contributed by atoms with Crippen LogP contribution in [0.3, 0.4) is 0 Å². The summed E-state index contributed by atoms with van der Waals surface area (Å²) in [6, 6.07) is 7.97. The molecule has 0 atom stereocenters. The average Bonchev–Trinajstić information content (AvgIpc) is 2.72. The molecule has 4 aliphatic carbocycles. The maximum absolute atomic E-state index is 13.1. The molecule has 4 saturated carbocycles. The molecule has 30 heavy (non-hydrogen) atoms. The Morgan fingerprint density at radius 2 is 1.57 bits per heavy atom. The third kappa shape index (κ3) is 3.82. The molecule has 1 aromatic rings. The number of nitrogens with zero attached hydrogens (tertiary/aromatic N) is 2. The zero-order valence-electron chi connectivity index (χ0n) is 18.0. The number of para-hydroxylation sites is 2. The molecule has 0 radical (unpaired) electrons. The van der Waals surface area contributed by atoms with Crippen LogP contribution < -0.4 is 15.5 Å². The first-order valence-electron chi connectivity index (χ1n) is 11.6. The molecule has 5 fully saturated rings. The van der Waals surface area contributed by atoms with Crippen LogP contribution in [0, 0.1) is 23.2 Å². The number of likely N-dealkylation sites (N-methyl/N-ethyl adjacent to an activating group) is 1. The van der Waals surface area contributed by atoms with Crippen molar-refractivity contribution < 1.29 is 9.59 Å². The zero-order chi connectivity index (χ0) is 20.7. The summed E-state index contributed by atoms with van der Waals surface area (Å²) in [5.41, 5.74) is 1.69. The van der Waals surface area contributed by atoms with Gasteiger partial charge in [-0.05, 0) is 75.5 Å². The fourth-order valence-corrected chi connectivity index (χ4v) is 6.83. The largest absolute Gasteiger partial charge is 0.367 e. The van der Waals surface area contributed by atoms with E-state index < -0.39 is 0 Å². The predicted molar refractivity (Wildman–Crippen MR) is 118 cm³/mol. The van der Waals surface area contributed by atoms with Gasteiger partial charge in [-0.15, -0.1) is 0 Å². The van der Waals surface area contributed by atoms with E-state index in [-0.39, 0.29) is 23.8 Å². The van der Waals surface area contributed by atoms with Gasteiger partial charge in [-0.3, -0.25) is 9.59 Å². The Labute approximate surface area is 179 Å². The van der Waals surface area contributed by atoms with Crippen molar-refractivity contribution in [3.63, 3.8) is 0 Å². The number of carbonyl (C=O) groups is 2. The Hall–Kier alpha value is -2.08. The Morgan fingerprint density at radius 1 is 0.967 bits per heavy atom. The second-order valence-corrected chi connectivity index (χ2v) is 10.2. The molecule has 1 aliphatic heterocycles. The van der Waals surface area contributed by atoms with E-state index in [1.165, 1.54) is 19.3 Å². The summed E-state index contributed by atoms with van der Waals surface area (Å²) in [6.45, 7) is 3.99. The molecule has 5 aliphatic rings. The van der Waals surface area contributed by atoms with Gasteiger partial charge in [0.15, 0.2) is 0 Å². The summed E-state index contributed by atoms with van der Waals surface area (Å²) >= 11 is 0. The van der Waals surface area contributed by atoms with Gasteiger partial charge in [-0.25, -0.2) is 0 Å². The van der Waals surface area contributed by atoms with E-state index in [9.17, 15) is 9.59 Å². The molecule has 1 heterocycles. The average molecular weight is 411 g/mol. The summed E-state index contributed by atoms with van der Waals surface area (Å²) in [7, 11) is 2.14. The van der Waals surface area contributed by atoms with Gasteiger partial charge < -0.3 is 20.4 Å². The molecule has 6 nitrogen and oxygen atoms in total. The summed E-state index contributed by atoms with van der Waals surface area (Å²) in [6.07, 6.45) is 7.03. The Morgan fingerprint density at radius 3 is 2.20 bits per heavy atom. The number of nitrogens with one attached hydrogen (secondary N) is 2. The molecule has 1 saturated heterocycles. The van der Waals surface area contributed by atoms with Gasteiger partial charge in [0.1, 0.15) is 0 Å². The topological polar surface area (TPSA) is 64.7 Å². The van der Waals surface area contributed by atoms with Gasteiger partial charge in [0.05, 0.1) is 17.9 Å². The summed E-state index contributed by atoms with van der Waals surface area (Å²) in [5.74, 6) is 2.16. The van der Waals surface area contributed by atoms with E-state index in [2.05, 4.69) is 33.5 Å². The normalized spacial score (nSPS) is 32.8. The van der Waals surface area contributed by atoms with Crippen LogP contribution in [-0.2, 0) is 9.59 Å². The van der Waals surface area contributed by atoms with E-state index in [4.69, 9.17) is 0 Å². The minimum Gasteiger partial charge on any atom is -0.367 e. The predicted octanol–water partition coefficient (Wildman–Crippen LogP) is 2.71. The van der Waals surface area contributed by atoms with E-state index >= 15 is 0 Å². The van der Waals surface area contributed by atoms with Crippen LogP contribution in [0.15, 0.2) is 24.3 Å². The number of benzene rings is 1. The molecule has 6 heteroatoms. The molecule has 0 unspecified atom stereocenters. The fourth-order valence-electron chi connectivity index (χ4n) is 6.83. The fraction of sp³-hybridized carbons (Fsp3) is 0.667. The maximum Gasteiger partial charge on any atom is 0.243 e. The lowest BCUT2D eigenvalue weighted by molar-refractivity contribution is -0.146. The highest BCUT2D eigenvalue weighted by Gasteiger charge is 2.54. The van der Waals surface area contributed by atoms with Crippen LogP contribution in [0.2, 0.25) is 0 Å². The lowest BCUT2D eigenvalue weighted by Crippen LogP contribution is -2.54. The van der Waals surface area contributed by atoms with Crippen molar-refractivity contribution in [3.8, 4) is 0 Å². The monoisotopic (exact) mass is 410 g/mol. The first kappa shape index (κ1) is 19.9. The van der Waals surface area contributed by atoms with Crippen LogP contribution in [0.5, 0.6) is 0 Å². The maximum atomic E-state index is 13.1. The number of rotatable bonds is 5. The van der Waals surface area contributed by atoms with Crippen molar-refractivity contribution in [1.82, 2.24) is 10.2 Å². The van der Waals surface area contributed by atoms with Gasteiger partial charge in [0, 0.05) is 31.6 Å². The van der Waals surface area contributed by atoms with Gasteiger partial charge >= 0.3 is 0 Å². The van der Waals surface area contributed by atoms with Crippen LogP contribution in [0.4, 0.5) is 11.4 Å². The van der Waals surface area contributed by atoms with Gasteiger partial charge in [0.25, 0.3) is 0 Å². The highest BCUT2D eigenvalue weighted by atomic mass is 16.2. The summed E-state index contributed by atoms with van der Waals surface area (Å²) in [4.78, 5) is 30.4. The standard InChI is InChI=1S/C24H34N4O2/c1-27-6-8-28(9-7-27)21-5-3-2-4-20(21)26-22(29)16-25-23(30)24-13-17-10-18(14-24)12-19(11-17)15-24/h2-5,17-19H,6-16H2,1H3,(H,25,30)(H,26,29). The van der Waals surface area contributed by atoms with Gasteiger partial charge in [0.2, 0.25) is 11.8 Å². The SMILES string of the molecule is CN1CCN(c2ccccc2NC(=O)CNC(=O)C23CC4CC(CC(C4)C2)C3)CC1. The quantitative estimate of drug-likeness (QED) is 0.783. The molecule has 4 bridgehead atoms. The summed E-state index contributed by atoms with van der Waals surface area (Å²) in [5, 5.41) is 6.03. The third-order valence-electron chi connectivity index (χ3n) is 7.95. The highest BCUT2D eigenvalue weighted by molar-refractivity contribution is 5.98. The van der Waals surface area contributed by atoms with Gasteiger partial charge in [-0.1, -0.05) is 12.1 Å². The lowest BCUT2D eigenvalue weighted by Gasteiger charge is -2.55.